The highest BCUT2D eigenvalue weighted by molar-refractivity contribution is 6.30. The summed E-state index contributed by atoms with van der Waals surface area (Å²) in [6, 6.07) is 16.1. The highest BCUT2D eigenvalue weighted by Gasteiger charge is 2.18. The molecule has 0 spiro atoms. The van der Waals surface area contributed by atoms with Crippen molar-refractivity contribution in [2.24, 2.45) is 0 Å². The molecule has 0 saturated heterocycles. The lowest BCUT2D eigenvalue weighted by atomic mass is 10.1. The van der Waals surface area contributed by atoms with Crippen molar-refractivity contribution in [1.82, 2.24) is 0 Å². The molecule has 0 heterocycles. The molecule has 0 aliphatic rings. The van der Waals surface area contributed by atoms with E-state index < -0.39 is 11.9 Å². The number of methoxy groups -OCH3 is 1. The topological polar surface area (TPSA) is 79.6 Å². The monoisotopic (exact) mass is 400 g/mol. The number of amides is 1. The fourth-order valence-corrected chi connectivity index (χ4v) is 2.72. The first-order valence-corrected chi connectivity index (χ1v) is 9.12. The third-order valence-corrected chi connectivity index (χ3v) is 4.24. The van der Waals surface area contributed by atoms with Gasteiger partial charge in [-0.1, -0.05) is 29.8 Å². The molecule has 0 unspecified atom stereocenters. The third kappa shape index (κ3) is 6.60. The summed E-state index contributed by atoms with van der Waals surface area (Å²) < 4.78 is 10.2. The van der Waals surface area contributed by atoms with Crippen LogP contribution in [-0.4, -0.2) is 32.1 Å². The maximum atomic E-state index is 12.5. The second-order valence-corrected chi connectivity index (χ2v) is 6.38. The number of nitrogens with zero attached hydrogens (tertiary/aromatic N) is 2. The number of anilines is 1. The second kappa shape index (κ2) is 11.0. The van der Waals surface area contributed by atoms with E-state index in [0.717, 1.165) is 11.3 Å². The minimum Gasteiger partial charge on any atom is -0.497 e. The molecule has 0 bridgehead atoms. The van der Waals surface area contributed by atoms with Crippen LogP contribution in [-0.2, 0) is 20.7 Å². The average molecular weight is 401 g/mol. The molecule has 0 aliphatic heterocycles. The maximum absolute atomic E-state index is 12.5. The van der Waals surface area contributed by atoms with Crippen LogP contribution in [0.15, 0.2) is 48.5 Å². The molecule has 0 saturated carbocycles. The van der Waals surface area contributed by atoms with Gasteiger partial charge in [-0.25, -0.2) is 0 Å². The summed E-state index contributed by atoms with van der Waals surface area (Å²) >= 11 is 5.98. The molecule has 2 rings (SSSR count). The van der Waals surface area contributed by atoms with Crippen LogP contribution in [0, 0.1) is 11.3 Å². The van der Waals surface area contributed by atoms with E-state index in [9.17, 15) is 9.59 Å². The highest BCUT2D eigenvalue weighted by Crippen LogP contribution is 2.20. The molecule has 2 aromatic carbocycles. The molecule has 0 N–H and O–H groups in total. The molecule has 0 aliphatic carbocycles. The van der Waals surface area contributed by atoms with Gasteiger partial charge in [0.1, 0.15) is 5.75 Å². The van der Waals surface area contributed by atoms with Crippen LogP contribution < -0.4 is 9.64 Å². The van der Waals surface area contributed by atoms with Crippen molar-refractivity contribution in [3.8, 4) is 11.8 Å². The van der Waals surface area contributed by atoms with Crippen LogP contribution in [0.2, 0.25) is 5.02 Å². The SMILES string of the molecule is COc1ccc(CCC(=O)OCC(=O)N(CCC#N)c2cccc(Cl)c2)cc1. The van der Waals surface area contributed by atoms with E-state index in [1.807, 2.05) is 30.3 Å². The van der Waals surface area contributed by atoms with Crippen LogP contribution >= 0.6 is 11.6 Å². The van der Waals surface area contributed by atoms with Crippen molar-refractivity contribution in [2.45, 2.75) is 19.3 Å². The molecular weight excluding hydrogens is 380 g/mol. The number of benzene rings is 2. The van der Waals surface area contributed by atoms with E-state index in [1.165, 1.54) is 4.90 Å². The lowest BCUT2D eigenvalue weighted by Gasteiger charge is -2.21. The van der Waals surface area contributed by atoms with Crippen molar-refractivity contribution in [1.29, 1.82) is 5.26 Å². The minimum atomic E-state index is -0.463. The summed E-state index contributed by atoms with van der Waals surface area (Å²) in [6.45, 7) is -0.196. The van der Waals surface area contributed by atoms with Crippen LogP contribution in [0.3, 0.4) is 0 Å². The van der Waals surface area contributed by atoms with Crippen LogP contribution in [0.25, 0.3) is 0 Å². The Morgan fingerprint density at radius 3 is 2.57 bits per heavy atom. The first kappa shape index (κ1) is 21.3. The van der Waals surface area contributed by atoms with Gasteiger partial charge < -0.3 is 14.4 Å². The summed E-state index contributed by atoms with van der Waals surface area (Å²) in [6.07, 6.45) is 0.822. The minimum absolute atomic E-state index is 0.156. The van der Waals surface area contributed by atoms with Gasteiger partial charge in [0.25, 0.3) is 5.91 Å². The smallest absolute Gasteiger partial charge is 0.306 e. The quantitative estimate of drug-likeness (QED) is 0.598. The Kier molecular flexibility index (Phi) is 8.32. The maximum Gasteiger partial charge on any atom is 0.306 e. The van der Waals surface area contributed by atoms with Gasteiger partial charge in [-0.2, -0.15) is 5.26 Å². The van der Waals surface area contributed by atoms with E-state index in [1.54, 1.807) is 31.4 Å². The molecule has 0 radical (unpaired) electrons. The predicted octanol–water partition coefficient (Wildman–Crippen LogP) is 3.77. The van der Waals surface area contributed by atoms with E-state index in [0.29, 0.717) is 17.1 Å². The van der Waals surface area contributed by atoms with Crippen molar-refractivity contribution < 1.29 is 19.1 Å². The van der Waals surface area contributed by atoms with Gasteiger partial charge in [0.15, 0.2) is 6.61 Å². The van der Waals surface area contributed by atoms with Gasteiger partial charge >= 0.3 is 5.97 Å². The van der Waals surface area contributed by atoms with Crippen molar-refractivity contribution in [3.63, 3.8) is 0 Å². The number of esters is 1. The molecular formula is C21H21ClN2O4. The van der Waals surface area contributed by atoms with E-state index in [4.69, 9.17) is 26.3 Å². The Labute approximate surface area is 169 Å². The number of carbonyl (C=O) groups is 2. The Morgan fingerprint density at radius 2 is 1.93 bits per heavy atom. The Bertz CT molecular complexity index is 846. The van der Waals surface area contributed by atoms with E-state index >= 15 is 0 Å². The number of ether oxygens (including phenoxy) is 2. The molecule has 0 atom stereocenters. The molecule has 0 fully saturated rings. The van der Waals surface area contributed by atoms with Crippen LogP contribution in [0.4, 0.5) is 5.69 Å². The van der Waals surface area contributed by atoms with Gasteiger partial charge in [-0.3, -0.25) is 9.59 Å². The predicted molar refractivity (Wildman–Crippen MR) is 106 cm³/mol. The number of halogens is 1. The van der Waals surface area contributed by atoms with Gasteiger partial charge in [-0.15, -0.1) is 0 Å². The van der Waals surface area contributed by atoms with E-state index in [-0.39, 0.29) is 26.0 Å². The van der Waals surface area contributed by atoms with Crippen molar-refractivity contribution in [3.05, 3.63) is 59.1 Å². The first-order chi connectivity index (χ1) is 13.5. The van der Waals surface area contributed by atoms with Crippen molar-refractivity contribution in [2.75, 3.05) is 25.2 Å². The number of nitriles is 1. The normalized spacial score (nSPS) is 10.0. The number of hydrogen-bond acceptors (Lipinski definition) is 5. The number of aryl methyl sites for hydroxylation is 1. The second-order valence-electron chi connectivity index (χ2n) is 5.94. The number of carbonyl (C=O) groups excluding carboxylic acids is 2. The highest BCUT2D eigenvalue weighted by atomic mass is 35.5. The third-order valence-electron chi connectivity index (χ3n) is 4.00. The van der Waals surface area contributed by atoms with Gasteiger partial charge in [0, 0.05) is 23.7 Å². The van der Waals surface area contributed by atoms with Gasteiger partial charge in [0.05, 0.1) is 19.6 Å². The molecule has 28 heavy (non-hydrogen) atoms. The zero-order valence-electron chi connectivity index (χ0n) is 15.6. The fraction of sp³-hybridized carbons (Fsp3) is 0.286. The standard InChI is InChI=1S/C21H21ClN2O4/c1-27-19-9-6-16(7-10-19)8-11-21(26)28-15-20(25)24(13-3-12-23)18-5-2-4-17(22)14-18/h2,4-7,9-10,14H,3,8,11,13,15H2,1H3. The Morgan fingerprint density at radius 1 is 1.18 bits per heavy atom. The first-order valence-electron chi connectivity index (χ1n) is 8.75. The molecule has 2 aromatic rings. The largest absolute Gasteiger partial charge is 0.497 e. The lowest BCUT2D eigenvalue weighted by molar-refractivity contribution is -0.147. The Balaban J connectivity index is 1.88. The average Bonchev–Trinajstić information content (AvgIpc) is 2.71. The summed E-state index contributed by atoms with van der Waals surface area (Å²) in [4.78, 5) is 25.9. The van der Waals surface area contributed by atoms with Crippen LogP contribution in [0.5, 0.6) is 5.75 Å². The number of hydrogen-bond donors (Lipinski definition) is 0. The molecule has 6 nitrogen and oxygen atoms in total. The zero-order chi connectivity index (χ0) is 20.4. The molecule has 1 amide bonds. The molecule has 146 valence electrons. The summed E-state index contributed by atoms with van der Waals surface area (Å²) in [7, 11) is 1.59. The molecule has 7 heteroatoms. The summed E-state index contributed by atoms with van der Waals surface area (Å²) in [5.74, 6) is -0.124. The van der Waals surface area contributed by atoms with Gasteiger partial charge in [-0.05, 0) is 42.3 Å². The Hall–Kier alpha value is -3.04. The summed E-state index contributed by atoms with van der Waals surface area (Å²) in [5, 5.41) is 9.30. The van der Waals surface area contributed by atoms with Crippen LogP contribution in [0.1, 0.15) is 18.4 Å². The fourth-order valence-electron chi connectivity index (χ4n) is 2.53. The zero-order valence-corrected chi connectivity index (χ0v) is 16.3. The summed E-state index contributed by atoms with van der Waals surface area (Å²) in [5.41, 5.74) is 1.53. The van der Waals surface area contributed by atoms with Gasteiger partial charge in [0.2, 0.25) is 0 Å². The lowest BCUT2D eigenvalue weighted by Crippen LogP contribution is -2.35. The molecule has 0 aromatic heterocycles. The van der Waals surface area contributed by atoms with Crippen molar-refractivity contribution >= 4 is 29.2 Å². The number of rotatable bonds is 9. The van der Waals surface area contributed by atoms with E-state index in [2.05, 4.69) is 0 Å².